The van der Waals surface area contributed by atoms with Gasteiger partial charge in [0.15, 0.2) is 5.96 Å². The lowest BCUT2D eigenvalue weighted by molar-refractivity contribution is 0.180. The van der Waals surface area contributed by atoms with Gasteiger partial charge in [-0.05, 0) is 45.2 Å². The van der Waals surface area contributed by atoms with Gasteiger partial charge >= 0.3 is 0 Å². The average Bonchev–Trinajstić information content (AvgIpc) is 3.19. The Bertz CT molecular complexity index is 561. The number of aliphatic imine (C=N–C) groups is 1. The Kier molecular flexibility index (Phi) is 9.94. The number of pyridine rings is 1. The molecule has 0 amide bonds. The third-order valence-corrected chi connectivity index (χ3v) is 4.77. The molecule has 152 valence electrons. The molecule has 1 saturated carbocycles. The van der Waals surface area contributed by atoms with Crippen molar-refractivity contribution < 1.29 is 9.47 Å². The highest BCUT2D eigenvalue weighted by atomic mass is 16.5. The number of methoxy groups -OCH3 is 1. The summed E-state index contributed by atoms with van der Waals surface area (Å²) in [5.41, 5.74) is 1.06. The van der Waals surface area contributed by atoms with E-state index < -0.39 is 0 Å². The maximum Gasteiger partial charge on any atom is 0.218 e. The number of nitrogens with one attached hydrogen (secondary N) is 2. The molecular weight excluding hydrogens is 342 g/mol. The third-order valence-electron chi connectivity index (χ3n) is 4.77. The molecule has 0 bridgehead atoms. The van der Waals surface area contributed by atoms with Gasteiger partial charge in [-0.2, -0.15) is 0 Å². The van der Waals surface area contributed by atoms with E-state index in [9.17, 15) is 0 Å². The predicted molar refractivity (Wildman–Crippen MR) is 109 cm³/mol. The molecular formula is C20H35N5O2. The second kappa shape index (κ2) is 12.5. The van der Waals surface area contributed by atoms with Crippen LogP contribution in [0.1, 0.15) is 37.7 Å². The number of guanidine groups is 1. The van der Waals surface area contributed by atoms with Gasteiger partial charge in [0.05, 0.1) is 0 Å². The van der Waals surface area contributed by atoms with Gasteiger partial charge in [-0.3, -0.25) is 4.99 Å². The molecule has 2 rings (SSSR count). The highest BCUT2D eigenvalue weighted by Crippen LogP contribution is 2.24. The van der Waals surface area contributed by atoms with Crippen LogP contribution in [0.2, 0.25) is 0 Å². The Morgan fingerprint density at radius 2 is 2.11 bits per heavy atom. The number of hydrogen-bond acceptors (Lipinski definition) is 5. The summed E-state index contributed by atoms with van der Waals surface area (Å²) in [6.45, 7) is 4.25. The number of aromatic nitrogens is 1. The van der Waals surface area contributed by atoms with Crippen LogP contribution in [0.3, 0.4) is 0 Å². The zero-order valence-corrected chi connectivity index (χ0v) is 17.0. The second-order valence-electron chi connectivity index (χ2n) is 6.99. The van der Waals surface area contributed by atoms with E-state index in [-0.39, 0.29) is 0 Å². The van der Waals surface area contributed by atoms with Crippen LogP contribution in [-0.2, 0) is 11.3 Å². The van der Waals surface area contributed by atoms with E-state index in [1.54, 1.807) is 20.4 Å². The summed E-state index contributed by atoms with van der Waals surface area (Å²) in [5.74, 6) is 1.53. The van der Waals surface area contributed by atoms with Crippen molar-refractivity contribution in [3.63, 3.8) is 0 Å². The summed E-state index contributed by atoms with van der Waals surface area (Å²) in [6, 6.07) is 4.00. The molecule has 1 aromatic rings. The van der Waals surface area contributed by atoms with Gasteiger partial charge in [0.1, 0.15) is 6.10 Å². The normalized spacial score (nSPS) is 15.3. The fraction of sp³-hybridized carbons (Fsp3) is 0.700. The zero-order valence-electron chi connectivity index (χ0n) is 17.0. The van der Waals surface area contributed by atoms with Crippen molar-refractivity contribution >= 4 is 5.96 Å². The zero-order chi connectivity index (χ0) is 19.3. The van der Waals surface area contributed by atoms with Crippen molar-refractivity contribution in [3.05, 3.63) is 23.9 Å². The smallest absolute Gasteiger partial charge is 0.218 e. The Morgan fingerprint density at radius 1 is 1.30 bits per heavy atom. The summed E-state index contributed by atoms with van der Waals surface area (Å²) in [6.07, 6.45) is 7.91. The van der Waals surface area contributed by atoms with Crippen LogP contribution in [0.25, 0.3) is 0 Å². The summed E-state index contributed by atoms with van der Waals surface area (Å²) in [5, 5.41) is 6.72. The molecule has 7 heteroatoms. The van der Waals surface area contributed by atoms with Crippen molar-refractivity contribution in [2.24, 2.45) is 4.99 Å². The second-order valence-corrected chi connectivity index (χ2v) is 6.99. The van der Waals surface area contributed by atoms with Gasteiger partial charge in [0.2, 0.25) is 5.88 Å². The molecule has 0 aliphatic heterocycles. The third kappa shape index (κ3) is 8.13. The standard InChI is InChI=1S/C20H35N5O2/c1-21-20(23-12-14-25(2)13-7-15-26-3)24-16-17-8-6-11-22-19(17)27-18-9-4-5-10-18/h6,8,11,18H,4-5,7,9-10,12-16H2,1-3H3,(H2,21,23,24). The number of nitrogens with zero attached hydrogens (tertiary/aromatic N) is 3. The minimum absolute atomic E-state index is 0.310. The Balaban J connectivity index is 1.74. The molecule has 1 aliphatic rings. The van der Waals surface area contributed by atoms with Gasteiger partial charge in [-0.1, -0.05) is 6.07 Å². The molecule has 7 nitrogen and oxygen atoms in total. The van der Waals surface area contributed by atoms with Crippen molar-refractivity contribution in [1.82, 2.24) is 20.5 Å². The highest BCUT2D eigenvalue weighted by molar-refractivity contribution is 5.79. The lowest BCUT2D eigenvalue weighted by Crippen LogP contribution is -2.40. The van der Waals surface area contributed by atoms with Crippen LogP contribution in [0.15, 0.2) is 23.3 Å². The molecule has 0 radical (unpaired) electrons. The van der Waals surface area contributed by atoms with Gasteiger partial charge < -0.3 is 25.0 Å². The van der Waals surface area contributed by atoms with Crippen molar-refractivity contribution in [2.45, 2.75) is 44.8 Å². The fourth-order valence-electron chi connectivity index (χ4n) is 3.18. The van der Waals surface area contributed by atoms with E-state index in [1.165, 1.54) is 12.8 Å². The van der Waals surface area contributed by atoms with E-state index in [0.717, 1.165) is 62.9 Å². The SMILES string of the molecule is CN=C(NCCN(C)CCCOC)NCc1cccnc1OC1CCCC1. The lowest BCUT2D eigenvalue weighted by atomic mass is 10.2. The first-order chi connectivity index (χ1) is 13.2. The number of ether oxygens (including phenoxy) is 2. The number of likely N-dealkylation sites (N-methyl/N-ethyl adjacent to an activating group) is 1. The van der Waals surface area contributed by atoms with E-state index in [2.05, 4.69) is 38.6 Å². The first kappa shape index (κ1) is 21.4. The van der Waals surface area contributed by atoms with Crippen LogP contribution < -0.4 is 15.4 Å². The lowest BCUT2D eigenvalue weighted by Gasteiger charge is -2.19. The maximum atomic E-state index is 6.10. The molecule has 1 heterocycles. The van der Waals surface area contributed by atoms with Crippen LogP contribution in [0.5, 0.6) is 5.88 Å². The first-order valence-electron chi connectivity index (χ1n) is 9.95. The fourth-order valence-corrected chi connectivity index (χ4v) is 3.18. The van der Waals surface area contributed by atoms with E-state index in [1.807, 2.05) is 6.07 Å². The largest absolute Gasteiger partial charge is 0.474 e. The van der Waals surface area contributed by atoms with Crippen LogP contribution in [-0.4, -0.2) is 69.4 Å². The van der Waals surface area contributed by atoms with Gasteiger partial charge in [0.25, 0.3) is 0 Å². The molecule has 0 aromatic carbocycles. The Morgan fingerprint density at radius 3 is 2.85 bits per heavy atom. The van der Waals surface area contributed by atoms with Gasteiger partial charge in [-0.15, -0.1) is 0 Å². The molecule has 1 aliphatic carbocycles. The van der Waals surface area contributed by atoms with Crippen LogP contribution in [0.4, 0.5) is 0 Å². The van der Waals surface area contributed by atoms with Crippen LogP contribution in [0, 0.1) is 0 Å². The molecule has 0 atom stereocenters. The van der Waals surface area contributed by atoms with Crippen molar-refractivity contribution in [1.29, 1.82) is 0 Å². The molecule has 0 unspecified atom stereocenters. The number of rotatable bonds is 11. The summed E-state index contributed by atoms with van der Waals surface area (Å²) in [4.78, 5) is 11.0. The summed E-state index contributed by atoms with van der Waals surface area (Å²) >= 11 is 0. The predicted octanol–water partition coefficient (Wildman–Crippen LogP) is 2.04. The summed E-state index contributed by atoms with van der Waals surface area (Å²) in [7, 11) is 5.65. The molecule has 0 saturated heterocycles. The quantitative estimate of drug-likeness (QED) is 0.349. The van der Waals surface area contributed by atoms with Gasteiger partial charge in [0, 0.05) is 58.7 Å². The average molecular weight is 378 g/mol. The maximum absolute atomic E-state index is 6.10. The monoisotopic (exact) mass is 377 g/mol. The van der Waals surface area contributed by atoms with E-state index in [4.69, 9.17) is 9.47 Å². The van der Waals surface area contributed by atoms with Gasteiger partial charge in [-0.25, -0.2) is 4.98 Å². The number of hydrogen-bond donors (Lipinski definition) is 2. The molecule has 2 N–H and O–H groups in total. The minimum atomic E-state index is 0.310. The Hall–Kier alpha value is -1.86. The highest BCUT2D eigenvalue weighted by Gasteiger charge is 2.18. The minimum Gasteiger partial charge on any atom is -0.474 e. The van der Waals surface area contributed by atoms with E-state index in [0.29, 0.717) is 12.6 Å². The summed E-state index contributed by atoms with van der Waals surface area (Å²) < 4.78 is 11.2. The molecule has 0 spiro atoms. The van der Waals surface area contributed by atoms with Crippen LogP contribution >= 0.6 is 0 Å². The molecule has 1 fully saturated rings. The topological polar surface area (TPSA) is 71.0 Å². The first-order valence-corrected chi connectivity index (χ1v) is 9.95. The van der Waals surface area contributed by atoms with E-state index >= 15 is 0 Å². The van der Waals surface area contributed by atoms with Crippen molar-refractivity contribution in [3.8, 4) is 5.88 Å². The molecule has 27 heavy (non-hydrogen) atoms. The Labute approximate surface area is 163 Å². The molecule has 1 aromatic heterocycles. The van der Waals surface area contributed by atoms with Crippen molar-refractivity contribution in [2.75, 3.05) is 47.4 Å².